The Hall–Kier alpha value is -1.75. The Morgan fingerprint density at radius 3 is 2.63 bits per heavy atom. The number of carbonyl (C=O) groups is 1. The van der Waals surface area contributed by atoms with Gasteiger partial charge in [-0.05, 0) is 31.2 Å². The summed E-state index contributed by atoms with van der Waals surface area (Å²) < 4.78 is 15.9. The standard InChI is InChI=1S/C14H19NO4/c1-3-18-10-4-6-11(7-5-10)19-12-8-13(15-9-12)14(16)17-2/h4-7,12-13,15H,3,8-9H2,1-2H3/t12-,13-/m0/s1. The number of ether oxygens (including phenoxy) is 3. The van der Waals surface area contributed by atoms with E-state index in [0.29, 0.717) is 19.6 Å². The van der Waals surface area contributed by atoms with Crippen LogP contribution in [0.5, 0.6) is 11.5 Å². The van der Waals surface area contributed by atoms with Gasteiger partial charge in [0.05, 0.1) is 13.7 Å². The first-order valence-corrected chi connectivity index (χ1v) is 6.43. The number of methoxy groups -OCH3 is 1. The molecule has 104 valence electrons. The molecule has 0 aliphatic carbocycles. The van der Waals surface area contributed by atoms with Crippen LogP contribution >= 0.6 is 0 Å². The van der Waals surface area contributed by atoms with E-state index in [4.69, 9.17) is 14.2 Å². The van der Waals surface area contributed by atoms with Crippen LogP contribution in [0.25, 0.3) is 0 Å². The Balaban J connectivity index is 1.86. The van der Waals surface area contributed by atoms with Crippen molar-refractivity contribution in [3.63, 3.8) is 0 Å². The summed E-state index contributed by atoms with van der Waals surface area (Å²) in [6.07, 6.45) is 0.613. The van der Waals surface area contributed by atoms with E-state index in [1.807, 2.05) is 31.2 Å². The van der Waals surface area contributed by atoms with E-state index in [0.717, 1.165) is 11.5 Å². The Morgan fingerprint density at radius 2 is 2.00 bits per heavy atom. The molecule has 0 spiro atoms. The molecule has 2 rings (SSSR count). The fourth-order valence-corrected chi connectivity index (χ4v) is 2.09. The second-order valence-electron chi connectivity index (χ2n) is 4.36. The van der Waals surface area contributed by atoms with Gasteiger partial charge in [0, 0.05) is 13.0 Å². The molecule has 0 radical (unpaired) electrons. The molecule has 1 saturated heterocycles. The van der Waals surface area contributed by atoms with Crippen LogP contribution < -0.4 is 14.8 Å². The number of benzene rings is 1. The van der Waals surface area contributed by atoms with Crippen molar-refractivity contribution in [2.45, 2.75) is 25.5 Å². The molecular weight excluding hydrogens is 246 g/mol. The number of carbonyl (C=O) groups excluding carboxylic acids is 1. The van der Waals surface area contributed by atoms with Crippen LogP contribution in [-0.4, -0.2) is 38.4 Å². The lowest BCUT2D eigenvalue weighted by atomic mass is 10.2. The minimum Gasteiger partial charge on any atom is -0.494 e. The molecular formula is C14H19NO4. The van der Waals surface area contributed by atoms with Crippen LogP contribution in [-0.2, 0) is 9.53 Å². The molecule has 1 heterocycles. The Bertz CT molecular complexity index is 418. The minimum absolute atomic E-state index is 0.0120. The van der Waals surface area contributed by atoms with Crippen molar-refractivity contribution >= 4 is 5.97 Å². The average Bonchev–Trinajstić information content (AvgIpc) is 2.89. The summed E-state index contributed by atoms with van der Waals surface area (Å²) in [5.74, 6) is 1.37. The van der Waals surface area contributed by atoms with E-state index in [9.17, 15) is 4.79 Å². The van der Waals surface area contributed by atoms with Crippen molar-refractivity contribution in [1.29, 1.82) is 0 Å². The summed E-state index contributed by atoms with van der Waals surface area (Å²) in [5, 5.41) is 3.09. The lowest BCUT2D eigenvalue weighted by Crippen LogP contribution is -2.31. The first-order valence-electron chi connectivity index (χ1n) is 6.43. The maximum atomic E-state index is 11.4. The summed E-state index contributed by atoms with van der Waals surface area (Å²) in [7, 11) is 1.39. The predicted octanol–water partition coefficient (Wildman–Crippen LogP) is 1.37. The lowest BCUT2D eigenvalue weighted by Gasteiger charge is -2.13. The molecule has 1 aliphatic heterocycles. The van der Waals surface area contributed by atoms with Crippen molar-refractivity contribution < 1.29 is 19.0 Å². The van der Waals surface area contributed by atoms with Gasteiger partial charge in [-0.15, -0.1) is 0 Å². The molecule has 5 nitrogen and oxygen atoms in total. The molecule has 2 atom stereocenters. The second-order valence-corrected chi connectivity index (χ2v) is 4.36. The van der Waals surface area contributed by atoms with Crippen molar-refractivity contribution in [2.24, 2.45) is 0 Å². The fourth-order valence-electron chi connectivity index (χ4n) is 2.09. The number of hydrogen-bond donors (Lipinski definition) is 1. The van der Waals surface area contributed by atoms with Crippen LogP contribution in [0.1, 0.15) is 13.3 Å². The maximum absolute atomic E-state index is 11.4. The Labute approximate surface area is 112 Å². The predicted molar refractivity (Wildman–Crippen MR) is 70.5 cm³/mol. The number of rotatable bonds is 5. The minimum atomic E-state index is -0.266. The highest BCUT2D eigenvalue weighted by Gasteiger charge is 2.31. The first-order chi connectivity index (χ1) is 9.22. The highest BCUT2D eigenvalue weighted by molar-refractivity contribution is 5.76. The third kappa shape index (κ3) is 3.61. The van der Waals surface area contributed by atoms with Crippen molar-refractivity contribution in [3.8, 4) is 11.5 Å². The maximum Gasteiger partial charge on any atom is 0.323 e. The molecule has 5 heteroatoms. The van der Waals surface area contributed by atoms with Gasteiger partial charge >= 0.3 is 5.97 Å². The topological polar surface area (TPSA) is 56.8 Å². The van der Waals surface area contributed by atoms with Crippen molar-refractivity contribution in [3.05, 3.63) is 24.3 Å². The summed E-state index contributed by atoms with van der Waals surface area (Å²) in [4.78, 5) is 11.4. The van der Waals surface area contributed by atoms with Gasteiger partial charge in [-0.3, -0.25) is 4.79 Å². The van der Waals surface area contributed by atoms with E-state index in [1.54, 1.807) is 0 Å². The summed E-state index contributed by atoms with van der Waals surface area (Å²) in [6.45, 7) is 3.24. The molecule has 1 aromatic carbocycles. The van der Waals surface area contributed by atoms with E-state index in [-0.39, 0.29) is 18.1 Å². The number of hydrogen-bond acceptors (Lipinski definition) is 5. The van der Waals surface area contributed by atoms with Gasteiger partial charge in [-0.1, -0.05) is 0 Å². The van der Waals surface area contributed by atoms with E-state index >= 15 is 0 Å². The molecule has 1 fully saturated rings. The zero-order valence-corrected chi connectivity index (χ0v) is 11.2. The first kappa shape index (κ1) is 13.7. The van der Waals surface area contributed by atoms with E-state index < -0.39 is 0 Å². The molecule has 19 heavy (non-hydrogen) atoms. The highest BCUT2D eigenvalue weighted by atomic mass is 16.5. The van der Waals surface area contributed by atoms with Gasteiger partial charge in [0.25, 0.3) is 0 Å². The van der Waals surface area contributed by atoms with Crippen LogP contribution in [0.15, 0.2) is 24.3 Å². The van der Waals surface area contributed by atoms with Crippen LogP contribution in [0.3, 0.4) is 0 Å². The quantitative estimate of drug-likeness (QED) is 0.815. The molecule has 0 amide bonds. The molecule has 0 saturated carbocycles. The second kappa shape index (κ2) is 6.43. The average molecular weight is 265 g/mol. The van der Waals surface area contributed by atoms with E-state index in [1.165, 1.54) is 7.11 Å². The van der Waals surface area contributed by atoms with Crippen LogP contribution in [0, 0.1) is 0 Å². The summed E-state index contributed by atoms with van der Waals surface area (Å²) >= 11 is 0. The normalized spacial score (nSPS) is 22.0. The smallest absolute Gasteiger partial charge is 0.323 e. The van der Waals surface area contributed by atoms with Crippen molar-refractivity contribution in [2.75, 3.05) is 20.3 Å². The Morgan fingerprint density at radius 1 is 1.32 bits per heavy atom. The van der Waals surface area contributed by atoms with Gasteiger partial charge in [0.2, 0.25) is 0 Å². The third-order valence-corrected chi connectivity index (χ3v) is 3.01. The summed E-state index contributed by atoms with van der Waals surface area (Å²) in [5.41, 5.74) is 0. The van der Waals surface area contributed by atoms with Crippen LogP contribution in [0.2, 0.25) is 0 Å². The zero-order chi connectivity index (χ0) is 13.7. The SMILES string of the molecule is CCOc1ccc(O[C@@H]2CN[C@H](C(=O)OC)C2)cc1. The Kier molecular flexibility index (Phi) is 4.63. The van der Waals surface area contributed by atoms with Gasteiger partial charge in [-0.2, -0.15) is 0 Å². The molecule has 1 aromatic rings. The van der Waals surface area contributed by atoms with Crippen LogP contribution in [0.4, 0.5) is 0 Å². The summed E-state index contributed by atoms with van der Waals surface area (Å²) in [6, 6.07) is 7.22. The van der Waals surface area contributed by atoms with Gasteiger partial charge in [0.15, 0.2) is 0 Å². The van der Waals surface area contributed by atoms with Gasteiger partial charge in [0.1, 0.15) is 23.6 Å². The molecule has 0 unspecified atom stereocenters. The van der Waals surface area contributed by atoms with Crippen molar-refractivity contribution in [1.82, 2.24) is 5.32 Å². The fraction of sp³-hybridized carbons (Fsp3) is 0.500. The lowest BCUT2D eigenvalue weighted by molar-refractivity contribution is -0.142. The van der Waals surface area contributed by atoms with Gasteiger partial charge in [-0.25, -0.2) is 0 Å². The molecule has 0 bridgehead atoms. The van der Waals surface area contributed by atoms with E-state index in [2.05, 4.69) is 5.32 Å². The largest absolute Gasteiger partial charge is 0.494 e. The third-order valence-electron chi connectivity index (χ3n) is 3.01. The molecule has 0 aromatic heterocycles. The number of esters is 1. The zero-order valence-electron chi connectivity index (χ0n) is 11.2. The molecule has 1 aliphatic rings. The number of nitrogens with one attached hydrogen (secondary N) is 1. The molecule has 1 N–H and O–H groups in total. The van der Waals surface area contributed by atoms with Gasteiger partial charge < -0.3 is 19.5 Å². The highest BCUT2D eigenvalue weighted by Crippen LogP contribution is 2.21. The monoisotopic (exact) mass is 265 g/mol.